The normalized spacial score (nSPS) is 12.0. The number of methoxy groups -OCH3 is 2. The van der Waals surface area contributed by atoms with Gasteiger partial charge in [0.25, 0.3) is 0 Å². The highest BCUT2D eigenvalue weighted by molar-refractivity contribution is 7.80. The Labute approximate surface area is 134 Å². The van der Waals surface area contributed by atoms with Crippen molar-refractivity contribution < 1.29 is 9.47 Å². The predicted molar refractivity (Wildman–Crippen MR) is 93.8 cm³/mol. The number of hydrogen-bond acceptors (Lipinski definition) is 3. The van der Waals surface area contributed by atoms with Gasteiger partial charge in [-0.1, -0.05) is 45.0 Å². The average molecular weight is 308 g/mol. The van der Waals surface area contributed by atoms with E-state index >= 15 is 0 Å². The molecule has 0 aromatic heterocycles. The first-order valence-electron chi connectivity index (χ1n) is 7.86. The zero-order chi connectivity index (χ0) is 15.7. The van der Waals surface area contributed by atoms with Gasteiger partial charge in [0.05, 0.1) is 14.2 Å². The lowest BCUT2D eigenvalue weighted by atomic mass is 9.96. The monoisotopic (exact) mass is 308 g/mol. The Hall–Kier alpha value is -1.09. The van der Waals surface area contributed by atoms with Crippen LogP contribution in [0.5, 0.6) is 11.5 Å². The van der Waals surface area contributed by atoms with E-state index in [0.29, 0.717) is 5.92 Å². The Morgan fingerprint density at radius 3 is 2.48 bits per heavy atom. The van der Waals surface area contributed by atoms with E-state index in [0.717, 1.165) is 30.8 Å². The molecule has 0 aliphatic carbocycles. The molecule has 0 aliphatic rings. The van der Waals surface area contributed by atoms with Gasteiger partial charge in [0.2, 0.25) is 0 Å². The van der Waals surface area contributed by atoms with Crippen molar-refractivity contribution in [2.24, 2.45) is 5.92 Å². The first-order chi connectivity index (χ1) is 10.1. The summed E-state index contributed by atoms with van der Waals surface area (Å²) in [7, 11) is 3.33. The van der Waals surface area contributed by atoms with Crippen LogP contribution in [0.2, 0.25) is 0 Å². The summed E-state index contributed by atoms with van der Waals surface area (Å²) in [6.07, 6.45) is 6.92. The minimum Gasteiger partial charge on any atom is -0.493 e. The summed E-state index contributed by atoms with van der Waals surface area (Å²) in [6, 6.07) is 6.13. The fraction of sp³-hybridized carbons (Fsp3) is 0.611. The van der Waals surface area contributed by atoms with Crippen LogP contribution in [0.15, 0.2) is 18.2 Å². The molecule has 0 saturated heterocycles. The molecule has 0 spiro atoms. The maximum absolute atomic E-state index is 5.55. The maximum atomic E-state index is 5.55. The summed E-state index contributed by atoms with van der Waals surface area (Å²) < 4.78 is 10.6. The number of thiocarbonyl (C=S) groups is 1. The summed E-state index contributed by atoms with van der Waals surface area (Å²) in [5.74, 6) is 2.16. The molecule has 0 radical (unpaired) electrons. The minimum atomic E-state index is 0.574. The van der Waals surface area contributed by atoms with E-state index in [-0.39, 0.29) is 0 Å². The molecule has 1 rings (SSSR count). The van der Waals surface area contributed by atoms with Crippen molar-refractivity contribution in [2.75, 3.05) is 14.2 Å². The van der Waals surface area contributed by atoms with Crippen LogP contribution in [0, 0.1) is 5.92 Å². The summed E-state index contributed by atoms with van der Waals surface area (Å²) in [4.78, 5) is 1.23. The van der Waals surface area contributed by atoms with E-state index in [1.807, 2.05) is 6.07 Å². The van der Waals surface area contributed by atoms with Crippen LogP contribution in [-0.4, -0.2) is 19.1 Å². The number of hydrogen-bond donors (Lipinski definition) is 0. The molecule has 0 saturated carbocycles. The van der Waals surface area contributed by atoms with Gasteiger partial charge >= 0.3 is 0 Å². The van der Waals surface area contributed by atoms with Gasteiger partial charge in [0.15, 0.2) is 11.5 Å². The van der Waals surface area contributed by atoms with Gasteiger partial charge in [-0.05, 0) is 54.2 Å². The molecular formula is C18H28O2S. The molecular weight excluding hydrogens is 280 g/mol. The van der Waals surface area contributed by atoms with Crippen molar-refractivity contribution in [3.63, 3.8) is 0 Å². The summed E-state index contributed by atoms with van der Waals surface area (Å²) >= 11 is 5.55. The Bertz CT molecular complexity index is 443. The molecule has 0 aliphatic heterocycles. The molecule has 1 aromatic carbocycles. The van der Waals surface area contributed by atoms with Gasteiger partial charge in [-0.15, -0.1) is 0 Å². The summed E-state index contributed by atoms with van der Waals surface area (Å²) in [5, 5.41) is 0. The predicted octanol–water partition coefficient (Wildman–Crippen LogP) is 5.22. The molecule has 21 heavy (non-hydrogen) atoms. The second kappa shape index (κ2) is 9.78. The fourth-order valence-electron chi connectivity index (χ4n) is 2.42. The number of unbranched alkanes of at least 4 members (excludes halogenated alkanes) is 1. The van der Waals surface area contributed by atoms with Gasteiger partial charge in [-0.2, -0.15) is 0 Å². The van der Waals surface area contributed by atoms with Gasteiger partial charge in [0, 0.05) is 0 Å². The van der Waals surface area contributed by atoms with Crippen molar-refractivity contribution in [3.8, 4) is 11.5 Å². The van der Waals surface area contributed by atoms with Crippen LogP contribution in [0.25, 0.3) is 0 Å². The van der Waals surface area contributed by atoms with Crippen LogP contribution >= 0.6 is 12.2 Å². The molecule has 1 atom stereocenters. The first-order valence-corrected chi connectivity index (χ1v) is 8.26. The third-order valence-electron chi connectivity index (χ3n) is 3.88. The smallest absolute Gasteiger partial charge is 0.160 e. The van der Waals surface area contributed by atoms with Crippen LogP contribution in [-0.2, 0) is 6.42 Å². The van der Waals surface area contributed by atoms with E-state index in [1.54, 1.807) is 14.2 Å². The van der Waals surface area contributed by atoms with Gasteiger partial charge in [-0.3, -0.25) is 0 Å². The van der Waals surface area contributed by atoms with Gasteiger partial charge < -0.3 is 9.47 Å². The first kappa shape index (κ1) is 18.0. The largest absolute Gasteiger partial charge is 0.493 e. The van der Waals surface area contributed by atoms with Gasteiger partial charge in [-0.25, -0.2) is 0 Å². The second-order valence-corrected chi connectivity index (χ2v) is 6.08. The molecule has 118 valence electrons. The van der Waals surface area contributed by atoms with Crippen molar-refractivity contribution in [1.29, 1.82) is 0 Å². The molecule has 1 aromatic rings. The van der Waals surface area contributed by atoms with E-state index in [2.05, 4.69) is 26.0 Å². The molecule has 3 heteroatoms. The molecule has 0 heterocycles. The average Bonchev–Trinajstić information content (AvgIpc) is 2.52. The zero-order valence-electron chi connectivity index (χ0n) is 13.8. The Morgan fingerprint density at radius 1 is 1.14 bits per heavy atom. The Kier molecular flexibility index (Phi) is 8.36. The summed E-state index contributed by atoms with van der Waals surface area (Å²) in [5.41, 5.74) is 1.27. The van der Waals surface area contributed by atoms with E-state index in [4.69, 9.17) is 21.7 Å². The quantitative estimate of drug-likeness (QED) is 0.552. The SMILES string of the molecule is CCCCC(C)C(=S)CCCc1ccc(OC)c(OC)c1. The van der Waals surface area contributed by atoms with E-state index in [9.17, 15) is 0 Å². The van der Waals surface area contributed by atoms with Gasteiger partial charge in [0.1, 0.15) is 0 Å². The third kappa shape index (κ3) is 6.04. The molecule has 0 amide bonds. The summed E-state index contributed by atoms with van der Waals surface area (Å²) in [6.45, 7) is 4.49. The lowest BCUT2D eigenvalue weighted by Gasteiger charge is -2.13. The minimum absolute atomic E-state index is 0.574. The van der Waals surface area contributed by atoms with Crippen LogP contribution in [0.3, 0.4) is 0 Å². The van der Waals surface area contributed by atoms with Crippen molar-refractivity contribution in [3.05, 3.63) is 23.8 Å². The standard InChI is InChI=1S/C18H28O2S/c1-5-6-8-14(2)18(21)10-7-9-15-11-12-16(19-3)17(13-15)20-4/h11-14H,5-10H2,1-4H3. The van der Waals surface area contributed by atoms with Crippen molar-refractivity contribution in [1.82, 2.24) is 0 Å². The van der Waals surface area contributed by atoms with Crippen LogP contribution < -0.4 is 9.47 Å². The Morgan fingerprint density at radius 2 is 1.86 bits per heavy atom. The lowest BCUT2D eigenvalue weighted by molar-refractivity contribution is 0.354. The van der Waals surface area contributed by atoms with Crippen LogP contribution in [0.1, 0.15) is 51.5 Å². The topological polar surface area (TPSA) is 18.5 Å². The molecule has 1 unspecified atom stereocenters. The number of ether oxygens (including phenoxy) is 2. The number of aryl methyl sites for hydroxylation is 1. The van der Waals surface area contributed by atoms with Crippen molar-refractivity contribution >= 4 is 17.1 Å². The van der Waals surface area contributed by atoms with Crippen LogP contribution in [0.4, 0.5) is 0 Å². The highest BCUT2D eigenvalue weighted by Gasteiger charge is 2.09. The lowest BCUT2D eigenvalue weighted by Crippen LogP contribution is -2.08. The number of benzene rings is 1. The highest BCUT2D eigenvalue weighted by atomic mass is 32.1. The molecule has 0 N–H and O–H groups in total. The maximum Gasteiger partial charge on any atom is 0.160 e. The fourth-order valence-corrected chi connectivity index (χ4v) is 2.68. The van der Waals surface area contributed by atoms with Crippen molar-refractivity contribution in [2.45, 2.75) is 52.4 Å². The third-order valence-corrected chi connectivity index (χ3v) is 4.48. The molecule has 0 fully saturated rings. The number of rotatable bonds is 10. The van der Waals surface area contributed by atoms with E-state index < -0.39 is 0 Å². The second-order valence-electron chi connectivity index (χ2n) is 5.55. The van der Waals surface area contributed by atoms with E-state index in [1.165, 1.54) is 29.7 Å². The molecule has 2 nitrogen and oxygen atoms in total. The zero-order valence-corrected chi connectivity index (χ0v) is 14.6. The highest BCUT2D eigenvalue weighted by Crippen LogP contribution is 2.28. The molecule has 0 bridgehead atoms. The Balaban J connectivity index is 2.43.